The molecule has 25 heavy (non-hydrogen) atoms. The molecule has 2 aliphatic rings. The Morgan fingerprint density at radius 1 is 1.16 bits per heavy atom. The third kappa shape index (κ3) is 3.24. The number of amides is 4. The lowest BCUT2D eigenvalue weighted by molar-refractivity contribution is -0.133. The molecule has 1 aliphatic heterocycles. The minimum absolute atomic E-state index is 0.312. The van der Waals surface area contributed by atoms with Crippen LogP contribution < -0.4 is 20.1 Å². The molecule has 0 bridgehead atoms. The van der Waals surface area contributed by atoms with E-state index < -0.39 is 17.5 Å². The van der Waals surface area contributed by atoms with E-state index in [0.717, 1.165) is 17.7 Å². The first kappa shape index (κ1) is 17.1. The number of rotatable bonds is 5. The van der Waals surface area contributed by atoms with Gasteiger partial charge in [0.1, 0.15) is 23.6 Å². The van der Waals surface area contributed by atoms with Crippen molar-refractivity contribution in [1.82, 2.24) is 10.2 Å². The fourth-order valence-corrected chi connectivity index (χ4v) is 3.36. The maximum Gasteiger partial charge on any atom is 0.325 e. The lowest BCUT2D eigenvalue weighted by atomic mass is 9.98. The van der Waals surface area contributed by atoms with E-state index in [9.17, 15) is 14.4 Å². The zero-order valence-corrected chi connectivity index (χ0v) is 14.3. The lowest BCUT2D eigenvalue weighted by Gasteiger charge is -2.19. The van der Waals surface area contributed by atoms with E-state index in [-0.39, 0.29) is 12.5 Å². The van der Waals surface area contributed by atoms with E-state index in [1.54, 1.807) is 18.2 Å². The van der Waals surface area contributed by atoms with Gasteiger partial charge in [-0.25, -0.2) is 4.79 Å². The van der Waals surface area contributed by atoms with Gasteiger partial charge in [0.25, 0.3) is 5.91 Å². The molecular weight excluding hydrogens is 326 g/mol. The Morgan fingerprint density at radius 3 is 2.32 bits per heavy atom. The third-order valence-corrected chi connectivity index (χ3v) is 4.64. The van der Waals surface area contributed by atoms with Crippen LogP contribution in [0.25, 0.3) is 0 Å². The predicted molar refractivity (Wildman–Crippen MR) is 89.6 cm³/mol. The minimum Gasteiger partial charge on any atom is -0.497 e. The van der Waals surface area contributed by atoms with Crippen molar-refractivity contribution in [2.75, 3.05) is 26.1 Å². The number of methoxy groups -OCH3 is 2. The molecule has 2 fully saturated rings. The summed E-state index contributed by atoms with van der Waals surface area (Å²) in [7, 11) is 3.02. The van der Waals surface area contributed by atoms with Crippen molar-refractivity contribution in [3.05, 3.63) is 18.2 Å². The zero-order chi connectivity index (χ0) is 18.0. The molecule has 3 rings (SSSR count). The number of benzene rings is 1. The summed E-state index contributed by atoms with van der Waals surface area (Å²) < 4.78 is 10.3. The van der Waals surface area contributed by atoms with E-state index in [4.69, 9.17) is 9.47 Å². The fourth-order valence-electron chi connectivity index (χ4n) is 3.36. The molecule has 1 aliphatic carbocycles. The van der Waals surface area contributed by atoms with Gasteiger partial charge >= 0.3 is 6.03 Å². The number of carbonyl (C=O) groups is 3. The number of ether oxygens (including phenoxy) is 2. The smallest absolute Gasteiger partial charge is 0.325 e. The van der Waals surface area contributed by atoms with Crippen LogP contribution in [0.2, 0.25) is 0 Å². The Hall–Kier alpha value is -2.77. The number of carbonyl (C=O) groups excluding carboxylic acids is 3. The van der Waals surface area contributed by atoms with Crippen LogP contribution in [0.4, 0.5) is 10.5 Å². The molecule has 0 aromatic heterocycles. The second kappa shape index (κ2) is 6.62. The fraction of sp³-hybridized carbons (Fsp3) is 0.471. The number of hydrogen-bond donors (Lipinski definition) is 2. The van der Waals surface area contributed by atoms with Crippen molar-refractivity contribution in [3.63, 3.8) is 0 Å². The summed E-state index contributed by atoms with van der Waals surface area (Å²) in [6.07, 6.45) is 3.05. The van der Waals surface area contributed by atoms with Gasteiger partial charge in [-0.15, -0.1) is 0 Å². The average Bonchev–Trinajstić information content (AvgIpc) is 3.15. The Labute approximate surface area is 145 Å². The standard InChI is InChI=1S/C17H21N3O5/c1-24-12-7-11(8-13(9-12)25-2)18-14(21)10-20-15(22)17(19-16(20)23)5-3-4-6-17/h7-9H,3-6,10H2,1-2H3,(H,18,21)(H,19,23). The molecule has 1 heterocycles. The molecule has 1 saturated carbocycles. The second-order valence-corrected chi connectivity index (χ2v) is 6.26. The lowest BCUT2D eigenvalue weighted by Crippen LogP contribution is -2.44. The monoisotopic (exact) mass is 347 g/mol. The van der Waals surface area contributed by atoms with Gasteiger partial charge in [-0.3, -0.25) is 14.5 Å². The molecule has 2 N–H and O–H groups in total. The van der Waals surface area contributed by atoms with Crippen LogP contribution in [0.3, 0.4) is 0 Å². The van der Waals surface area contributed by atoms with E-state index in [1.165, 1.54) is 14.2 Å². The average molecular weight is 347 g/mol. The van der Waals surface area contributed by atoms with Gasteiger partial charge < -0.3 is 20.1 Å². The molecule has 1 aromatic carbocycles. The first-order valence-corrected chi connectivity index (χ1v) is 8.14. The minimum atomic E-state index is -0.809. The summed E-state index contributed by atoms with van der Waals surface area (Å²) in [5.41, 5.74) is -0.347. The van der Waals surface area contributed by atoms with Crippen LogP contribution in [0.1, 0.15) is 25.7 Å². The molecule has 134 valence electrons. The van der Waals surface area contributed by atoms with Crippen LogP contribution in [0.15, 0.2) is 18.2 Å². The summed E-state index contributed by atoms with van der Waals surface area (Å²) in [5, 5.41) is 5.42. The molecule has 1 saturated heterocycles. The van der Waals surface area contributed by atoms with Crippen molar-refractivity contribution in [2.45, 2.75) is 31.2 Å². The van der Waals surface area contributed by atoms with Gasteiger partial charge in [-0.05, 0) is 12.8 Å². The number of urea groups is 1. The van der Waals surface area contributed by atoms with Gasteiger partial charge in [0.15, 0.2) is 0 Å². The second-order valence-electron chi connectivity index (χ2n) is 6.26. The van der Waals surface area contributed by atoms with Gasteiger partial charge in [-0.1, -0.05) is 12.8 Å². The quantitative estimate of drug-likeness (QED) is 0.787. The van der Waals surface area contributed by atoms with Gasteiger partial charge in [0, 0.05) is 23.9 Å². The summed E-state index contributed by atoms with van der Waals surface area (Å²) in [4.78, 5) is 37.9. The number of hydrogen-bond acceptors (Lipinski definition) is 5. The first-order chi connectivity index (χ1) is 12.0. The van der Waals surface area contributed by atoms with Gasteiger partial charge in [0.2, 0.25) is 5.91 Å². The van der Waals surface area contributed by atoms with Crippen LogP contribution in [-0.4, -0.2) is 49.0 Å². The van der Waals surface area contributed by atoms with Crippen molar-refractivity contribution in [1.29, 1.82) is 0 Å². The molecule has 0 unspecified atom stereocenters. The Morgan fingerprint density at radius 2 is 1.76 bits per heavy atom. The highest BCUT2D eigenvalue weighted by atomic mass is 16.5. The van der Waals surface area contributed by atoms with Crippen LogP contribution in [0.5, 0.6) is 11.5 Å². The Balaban J connectivity index is 1.69. The number of imide groups is 1. The highest BCUT2D eigenvalue weighted by molar-refractivity contribution is 6.10. The van der Waals surface area contributed by atoms with Crippen LogP contribution in [0, 0.1) is 0 Å². The molecule has 0 radical (unpaired) electrons. The number of nitrogens with one attached hydrogen (secondary N) is 2. The SMILES string of the molecule is COc1cc(NC(=O)CN2C(=O)NC3(CCCC3)C2=O)cc(OC)c1. The van der Waals surface area contributed by atoms with Crippen molar-refractivity contribution in [2.24, 2.45) is 0 Å². The molecule has 1 aromatic rings. The highest BCUT2D eigenvalue weighted by Crippen LogP contribution is 2.35. The van der Waals surface area contributed by atoms with Crippen LogP contribution in [-0.2, 0) is 9.59 Å². The zero-order valence-electron chi connectivity index (χ0n) is 14.3. The summed E-state index contributed by atoms with van der Waals surface area (Å²) in [6.45, 7) is -0.327. The molecule has 8 heteroatoms. The highest BCUT2D eigenvalue weighted by Gasteiger charge is 2.52. The van der Waals surface area contributed by atoms with E-state index in [2.05, 4.69) is 10.6 Å². The van der Waals surface area contributed by atoms with Crippen molar-refractivity contribution < 1.29 is 23.9 Å². The first-order valence-electron chi connectivity index (χ1n) is 8.14. The maximum atomic E-state index is 12.6. The third-order valence-electron chi connectivity index (χ3n) is 4.64. The largest absolute Gasteiger partial charge is 0.497 e. The van der Waals surface area contributed by atoms with Gasteiger partial charge in [0.05, 0.1) is 14.2 Å². The predicted octanol–water partition coefficient (Wildman–Crippen LogP) is 1.51. The molecule has 0 atom stereocenters. The molecule has 1 spiro atoms. The number of anilines is 1. The van der Waals surface area contributed by atoms with Crippen molar-refractivity contribution >= 4 is 23.5 Å². The molecule has 8 nitrogen and oxygen atoms in total. The van der Waals surface area contributed by atoms with Crippen molar-refractivity contribution in [3.8, 4) is 11.5 Å². The Kier molecular flexibility index (Phi) is 4.52. The number of nitrogens with zero attached hydrogens (tertiary/aromatic N) is 1. The topological polar surface area (TPSA) is 97.0 Å². The van der Waals surface area contributed by atoms with Crippen LogP contribution >= 0.6 is 0 Å². The molecule has 4 amide bonds. The van der Waals surface area contributed by atoms with Gasteiger partial charge in [-0.2, -0.15) is 0 Å². The summed E-state index contributed by atoms with van der Waals surface area (Å²) >= 11 is 0. The van der Waals surface area contributed by atoms with E-state index in [1.807, 2.05) is 0 Å². The van der Waals surface area contributed by atoms with E-state index >= 15 is 0 Å². The summed E-state index contributed by atoms with van der Waals surface area (Å²) in [5.74, 6) is 0.270. The van der Waals surface area contributed by atoms with E-state index in [0.29, 0.717) is 30.0 Å². The Bertz CT molecular complexity index is 690. The molecular formula is C17H21N3O5. The summed E-state index contributed by atoms with van der Waals surface area (Å²) in [6, 6.07) is 4.43. The normalized spacial score (nSPS) is 18.4. The maximum absolute atomic E-state index is 12.6.